The molecule has 0 bridgehead atoms. The summed E-state index contributed by atoms with van der Waals surface area (Å²) in [4.78, 5) is 20.9. The topological polar surface area (TPSA) is 63.5 Å². The molecule has 1 amide bonds. The average molecular weight is 369 g/mol. The number of pyridine rings is 1. The molecule has 2 aromatic rings. The average Bonchev–Trinajstić information content (AvgIpc) is 3.30. The summed E-state index contributed by atoms with van der Waals surface area (Å²) in [6.07, 6.45) is 5.38. The van der Waals surface area contributed by atoms with Crippen LogP contribution in [0, 0.1) is 6.92 Å². The van der Waals surface area contributed by atoms with Crippen LogP contribution in [0.25, 0.3) is 0 Å². The van der Waals surface area contributed by atoms with Gasteiger partial charge in [0.1, 0.15) is 6.10 Å². The fraction of sp³-hybridized carbons (Fsp3) is 0.550. The van der Waals surface area contributed by atoms with Gasteiger partial charge in [-0.3, -0.25) is 19.5 Å². The van der Waals surface area contributed by atoms with Crippen molar-refractivity contribution in [3.63, 3.8) is 0 Å². The summed E-state index contributed by atoms with van der Waals surface area (Å²) in [6.45, 7) is 8.39. The molecule has 4 heterocycles. The Kier molecular flexibility index (Phi) is 5.11. The number of aryl methyl sites for hydroxylation is 1. The molecular formula is C20H27N5O2. The van der Waals surface area contributed by atoms with Crippen molar-refractivity contribution in [2.75, 3.05) is 19.6 Å². The van der Waals surface area contributed by atoms with Gasteiger partial charge >= 0.3 is 6.09 Å². The molecule has 0 radical (unpaired) electrons. The molecule has 4 rings (SSSR count). The number of likely N-dealkylation sites (tertiary alicyclic amines) is 1. The van der Waals surface area contributed by atoms with E-state index in [-0.39, 0.29) is 18.2 Å². The second-order valence-electron chi connectivity index (χ2n) is 7.43. The van der Waals surface area contributed by atoms with E-state index in [1.165, 1.54) is 11.3 Å². The van der Waals surface area contributed by atoms with Crippen LogP contribution >= 0.6 is 0 Å². The van der Waals surface area contributed by atoms with E-state index in [9.17, 15) is 4.79 Å². The van der Waals surface area contributed by atoms with Gasteiger partial charge in [0.05, 0.1) is 12.2 Å². The number of hydrogen-bond acceptors (Lipinski definition) is 5. The molecule has 0 unspecified atom stereocenters. The molecule has 7 nitrogen and oxygen atoms in total. The molecule has 2 aliphatic heterocycles. The fourth-order valence-electron chi connectivity index (χ4n) is 4.07. The lowest BCUT2D eigenvalue weighted by molar-refractivity contribution is 0.120. The monoisotopic (exact) mass is 369 g/mol. The van der Waals surface area contributed by atoms with Crippen LogP contribution in [0.1, 0.15) is 30.3 Å². The fourth-order valence-corrected chi connectivity index (χ4v) is 4.07. The van der Waals surface area contributed by atoms with Crippen molar-refractivity contribution in [3.05, 3.63) is 47.5 Å². The summed E-state index contributed by atoms with van der Waals surface area (Å²) in [6, 6.07) is 6.01. The lowest BCUT2D eigenvalue weighted by Crippen LogP contribution is -2.39. The number of rotatable bonds is 7. The third-order valence-corrected chi connectivity index (χ3v) is 5.57. The molecule has 0 aromatic carbocycles. The Morgan fingerprint density at radius 3 is 2.93 bits per heavy atom. The van der Waals surface area contributed by atoms with Crippen molar-refractivity contribution < 1.29 is 9.53 Å². The first kappa shape index (κ1) is 18.0. The molecule has 2 fully saturated rings. The quantitative estimate of drug-likeness (QED) is 0.749. The number of carbonyl (C=O) groups excluding carboxylic acids is 1. The van der Waals surface area contributed by atoms with Gasteiger partial charge in [0.25, 0.3) is 0 Å². The van der Waals surface area contributed by atoms with Gasteiger partial charge in [-0.1, -0.05) is 13.0 Å². The van der Waals surface area contributed by atoms with Gasteiger partial charge < -0.3 is 4.74 Å². The Bertz CT molecular complexity index is 791. The van der Waals surface area contributed by atoms with Crippen LogP contribution < -0.4 is 0 Å². The highest BCUT2D eigenvalue weighted by Crippen LogP contribution is 2.28. The van der Waals surface area contributed by atoms with E-state index in [4.69, 9.17) is 4.74 Å². The summed E-state index contributed by atoms with van der Waals surface area (Å²) < 4.78 is 7.71. The Labute approximate surface area is 159 Å². The third kappa shape index (κ3) is 3.69. The molecule has 27 heavy (non-hydrogen) atoms. The van der Waals surface area contributed by atoms with Gasteiger partial charge in [-0.2, -0.15) is 5.10 Å². The van der Waals surface area contributed by atoms with Crippen LogP contribution in [-0.4, -0.2) is 62.4 Å². The number of fused-ring (bicyclic) bond motifs is 1. The molecule has 144 valence electrons. The summed E-state index contributed by atoms with van der Waals surface area (Å²) >= 11 is 0. The molecule has 2 atom stereocenters. The van der Waals surface area contributed by atoms with Crippen LogP contribution in [0.15, 0.2) is 30.6 Å². The van der Waals surface area contributed by atoms with Crippen LogP contribution in [0.2, 0.25) is 0 Å². The maximum atomic E-state index is 12.3. The maximum Gasteiger partial charge on any atom is 0.410 e. The van der Waals surface area contributed by atoms with Crippen LogP contribution in [0.3, 0.4) is 0 Å². The number of amides is 1. The minimum atomic E-state index is -0.187. The van der Waals surface area contributed by atoms with Gasteiger partial charge in [0.2, 0.25) is 0 Å². The second kappa shape index (κ2) is 7.68. The first-order chi connectivity index (χ1) is 13.2. The molecule has 0 aliphatic carbocycles. The zero-order chi connectivity index (χ0) is 18.8. The van der Waals surface area contributed by atoms with E-state index in [2.05, 4.69) is 33.5 Å². The smallest absolute Gasteiger partial charge is 0.410 e. The summed E-state index contributed by atoms with van der Waals surface area (Å²) in [5.74, 6) is 0. The molecule has 2 saturated heterocycles. The third-order valence-electron chi connectivity index (χ3n) is 5.57. The van der Waals surface area contributed by atoms with Gasteiger partial charge in [-0.25, -0.2) is 4.79 Å². The number of ether oxygens (including phenoxy) is 1. The van der Waals surface area contributed by atoms with Crippen molar-refractivity contribution in [2.45, 2.75) is 51.9 Å². The minimum Gasteiger partial charge on any atom is -0.442 e. The van der Waals surface area contributed by atoms with Gasteiger partial charge in [-0.15, -0.1) is 0 Å². The van der Waals surface area contributed by atoms with Crippen molar-refractivity contribution in [1.29, 1.82) is 0 Å². The van der Waals surface area contributed by atoms with E-state index in [1.54, 1.807) is 6.20 Å². The lowest BCUT2D eigenvalue weighted by Gasteiger charge is -2.22. The van der Waals surface area contributed by atoms with E-state index in [1.807, 2.05) is 29.3 Å². The van der Waals surface area contributed by atoms with E-state index in [0.717, 1.165) is 44.7 Å². The highest BCUT2D eigenvalue weighted by atomic mass is 16.6. The maximum absolute atomic E-state index is 12.3. The number of hydrogen-bond donors (Lipinski definition) is 0. The minimum absolute atomic E-state index is 0.0350. The molecule has 0 spiro atoms. The highest BCUT2D eigenvalue weighted by molar-refractivity contribution is 5.71. The summed E-state index contributed by atoms with van der Waals surface area (Å²) in [5.41, 5.74) is 3.50. The van der Waals surface area contributed by atoms with Crippen LogP contribution in [-0.2, 0) is 24.2 Å². The van der Waals surface area contributed by atoms with Crippen LogP contribution in [0.5, 0.6) is 0 Å². The largest absolute Gasteiger partial charge is 0.442 e. The second-order valence-corrected chi connectivity index (χ2v) is 7.43. The van der Waals surface area contributed by atoms with E-state index >= 15 is 0 Å². The van der Waals surface area contributed by atoms with Crippen LogP contribution in [0.4, 0.5) is 4.79 Å². The van der Waals surface area contributed by atoms with Crippen molar-refractivity contribution in [3.8, 4) is 0 Å². The Morgan fingerprint density at radius 1 is 1.26 bits per heavy atom. The zero-order valence-corrected chi connectivity index (χ0v) is 16.0. The Hall–Kier alpha value is -2.41. The van der Waals surface area contributed by atoms with E-state index in [0.29, 0.717) is 6.54 Å². The molecule has 0 N–H and O–H groups in total. The summed E-state index contributed by atoms with van der Waals surface area (Å²) in [5, 5.41) is 4.50. The SMILES string of the molecule is CCCn1ncc(CN2C[C@@H]3OC(=O)N(CCc4ccccn4)[C@@H]3C2)c1C. The first-order valence-corrected chi connectivity index (χ1v) is 9.76. The lowest BCUT2D eigenvalue weighted by atomic mass is 10.2. The van der Waals surface area contributed by atoms with Crippen molar-refractivity contribution in [2.24, 2.45) is 0 Å². The Balaban J connectivity index is 1.37. The van der Waals surface area contributed by atoms with Gasteiger partial charge in [0, 0.05) is 62.3 Å². The predicted octanol–water partition coefficient (Wildman–Crippen LogP) is 2.24. The number of carbonyl (C=O) groups is 1. The van der Waals surface area contributed by atoms with E-state index < -0.39 is 0 Å². The van der Waals surface area contributed by atoms with Gasteiger partial charge in [-0.05, 0) is 25.5 Å². The first-order valence-electron chi connectivity index (χ1n) is 9.76. The highest BCUT2D eigenvalue weighted by Gasteiger charge is 2.47. The molecule has 0 saturated carbocycles. The zero-order valence-electron chi connectivity index (χ0n) is 16.0. The number of aromatic nitrogens is 3. The predicted molar refractivity (Wildman–Crippen MR) is 101 cm³/mol. The molecule has 2 aliphatic rings. The normalized spacial score (nSPS) is 22.3. The number of nitrogens with zero attached hydrogens (tertiary/aromatic N) is 5. The summed E-state index contributed by atoms with van der Waals surface area (Å²) in [7, 11) is 0. The molecular weight excluding hydrogens is 342 g/mol. The van der Waals surface area contributed by atoms with Crippen molar-refractivity contribution in [1.82, 2.24) is 24.6 Å². The Morgan fingerprint density at radius 2 is 2.15 bits per heavy atom. The standard InChI is InChI=1S/C20H27N5O2/c1-3-9-25-15(2)16(11-22-25)12-23-13-18-19(14-23)27-20(26)24(18)10-7-17-6-4-5-8-21-17/h4-6,8,11,18-19H,3,7,9-10,12-14H2,1-2H3/t18-,19+/m1/s1. The molecule has 2 aromatic heterocycles. The van der Waals surface area contributed by atoms with Gasteiger partial charge in [0.15, 0.2) is 0 Å². The molecule has 7 heteroatoms. The van der Waals surface area contributed by atoms with Crippen molar-refractivity contribution >= 4 is 6.09 Å².